The van der Waals surface area contributed by atoms with Crippen molar-refractivity contribution in [3.63, 3.8) is 0 Å². The van der Waals surface area contributed by atoms with Crippen molar-refractivity contribution in [2.24, 2.45) is 0 Å². The molecule has 6 heteroatoms. The number of hydrogen-bond donors (Lipinski definition) is 0. The van der Waals surface area contributed by atoms with E-state index < -0.39 is 0 Å². The monoisotopic (exact) mass is 389 g/mol. The minimum atomic E-state index is 0. The number of fused-ring (bicyclic) bond motifs is 1. The fraction of sp³-hybridized carbons (Fsp3) is 0.300. The molecule has 0 bridgehead atoms. The zero-order chi connectivity index (χ0) is 17.8. The van der Waals surface area contributed by atoms with Gasteiger partial charge in [-0.2, -0.15) is 0 Å². The number of nitrogens with zero attached hydrogens (tertiary/aromatic N) is 3. The summed E-state index contributed by atoms with van der Waals surface area (Å²) in [4.78, 5) is 21.8. The molecule has 1 aromatic heterocycles. The summed E-state index contributed by atoms with van der Waals surface area (Å²) in [7, 11) is 4.09. The first-order chi connectivity index (χ1) is 12.1. The molecule has 0 N–H and O–H groups in total. The number of anilines is 1. The zero-order valence-electron chi connectivity index (χ0n) is 15.3. The van der Waals surface area contributed by atoms with Crippen molar-refractivity contribution in [3.05, 3.63) is 59.7 Å². The van der Waals surface area contributed by atoms with Crippen molar-refractivity contribution in [1.29, 1.82) is 0 Å². The van der Waals surface area contributed by atoms with Crippen LogP contribution >= 0.6 is 23.7 Å². The summed E-state index contributed by atoms with van der Waals surface area (Å²) in [5.41, 5.74) is 2.82. The van der Waals surface area contributed by atoms with Crippen molar-refractivity contribution >= 4 is 45.0 Å². The van der Waals surface area contributed by atoms with Gasteiger partial charge in [-0.25, -0.2) is 4.98 Å². The second-order valence-corrected chi connectivity index (χ2v) is 7.41. The first-order valence-electron chi connectivity index (χ1n) is 8.44. The Bertz CT molecular complexity index is 864. The van der Waals surface area contributed by atoms with Gasteiger partial charge in [-0.15, -0.1) is 12.4 Å². The van der Waals surface area contributed by atoms with E-state index in [-0.39, 0.29) is 18.3 Å². The van der Waals surface area contributed by atoms with E-state index in [2.05, 4.69) is 24.0 Å². The van der Waals surface area contributed by atoms with Crippen molar-refractivity contribution in [2.45, 2.75) is 13.3 Å². The van der Waals surface area contributed by atoms with Crippen LogP contribution < -0.4 is 4.90 Å². The molecular weight excluding hydrogens is 366 g/mol. The predicted molar refractivity (Wildman–Crippen MR) is 113 cm³/mol. The van der Waals surface area contributed by atoms with Gasteiger partial charge in [-0.3, -0.25) is 9.69 Å². The molecule has 0 saturated carbocycles. The summed E-state index contributed by atoms with van der Waals surface area (Å²) in [5.74, 6) is 0.0102. The predicted octanol–water partition coefficient (Wildman–Crippen LogP) is 4.63. The van der Waals surface area contributed by atoms with Crippen LogP contribution in [0, 0.1) is 6.92 Å². The number of aryl methyl sites for hydroxylation is 1. The van der Waals surface area contributed by atoms with Crippen molar-refractivity contribution in [2.75, 3.05) is 32.1 Å². The van der Waals surface area contributed by atoms with Crippen LogP contribution in [0.15, 0.2) is 48.5 Å². The molecule has 4 nitrogen and oxygen atoms in total. The van der Waals surface area contributed by atoms with Gasteiger partial charge >= 0.3 is 0 Å². The number of benzene rings is 2. The van der Waals surface area contributed by atoms with Gasteiger partial charge in [-0.05, 0) is 57.7 Å². The maximum absolute atomic E-state index is 13.1. The Hall–Kier alpha value is -1.95. The number of rotatable bonds is 6. The number of hydrogen-bond acceptors (Lipinski definition) is 4. The minimum Gasteiger partial charge on any atom is -0.309 e. The van der Waals surface area contributed by atoms with Crippen LogP contribution in [0.25, 0.3) is 10.2 Å². The summed E-state index contributed by atoms with van der Waals surface area (Å²) < 4.78 is 1.12. The van der Waals surface area contributed by atoms with Crippen LogP contribution in [-0.2, 0) is 0 Å². The average Bonchev–Trinajstić information content (AvgIpc) is 3.04. The lowest BCUT2D eigenvalue weighted by atomic mass is 10.2. The Morgan fingerprint density at radius 3 is 2.42 bits per heavy atom. The number of amides is 1. The second-order valence-electron chi connectivity index (χ2n) is 6.40. The molecule has 26 heavy (non-hydrogen) atoms. The van der Waals surface area contributed by atoms with Gasteiger partial charge in [0.2, 0.25) is 0 Å². The van der Waals surface area contributed by atoms with Crippen LogP contribution in [0.5, 0.6) is 0 Å². The third kappa shape index (κ3) is 4.61. The van der Waals surface area contributed by atoms with Gasteiger partial charge in [0.25, 0.3) is 5.91 Å². The van der Waals surface area contributed by atoms with Gasteiger partial charge in [0, 0.05) is 12.1 Å². The van der Waals surface area contributed by atoms with E-state index in [0.717, 1.165) is 33.9 Å². The lowest BCUT2D eigenvalue weighted by Gasteiger charge is -2.21. The molecule has 0 aliphatic heterocycles. The van der Waals surface area contributed by atoms with Crippen LogP contribution in [0.2, 0.25) is 0 Å². The number of para-hydroxylation sites is 1. The van der Waals surface area contributed by atoms with E-state index in [1.807, 2.05) is 55.4 Å². The summed E-state index contributed by atoms with van der Waals surface area (Å²) in [6, 6.07) is 15.6. The standard InChI is InChI=1S/C20H23N3OS.ClH/c1-15-9-7-12-17-18(15)21-20(25-17)23(14-8-13-22(2)3)19(24)16-10-5-4-6-11-16;/h4-7,9-12H,8,13-14H2,1-3H3;1H. The Morgan fingerprint density at radius 2 is 1.77 bits per heavy atom. The smallest absolute Gasteiger partial charge is 0.260 e. The molecule has 0 aliphatic carbocycles. The molecular formula is C20H24ClN3OS. The number of carbonyl (C=O) groups excluding carboxylic acids is 1. The summed E-state index contributed by atoms with van der Waals surface area (Å²) >= 11 is 1.58. The average molecular weight is 390 g/mol. The number of carbonyl (C=O) groups is 1. The van der Waals surface area contributed by atoms with Gasteiger partial charge in [0.15, 0.2) is 5.13 Å². The second kappa shape index (κ2) is 9.12. The Kier molecular flexibility index (Phi) is 7.14. The van der Waals surface area contributed by atoms with Crippen molar-refractivity contribution in [3.8, 4) is 0 Å². The summed E-state index contributed by atoms with van der Waals surface area (Å²) in [6.45, 7) is 3.65. The zero-order valence-corrected chi connectivity index (χ0v) is 16.9. The first-order valence-corrected chi connectivity index (χ1v) is 9.25. The van der Waals surface area contributed by atoms with Crippen LogP contribution in [-0.4, -0.2) is 43.0 Å². The van der Waals surface area contributed by atoms with Crippen LogP contribution in [0.4, 0.5) is 5.13 Å². The van der Waals surface area contributed by atoms with Gasteiger partial charge in [0.1, 0.15) is 0 Å². The SMILES string of the molecule is Cc1cccc2sc(N(CCCN(C)C)C(=O)c3ccccc3)nc12.Cl. The van der Waals surface area contributed by atoms with E-state index in [1.54, 1.807) is 11.3 Å². The highest BCUT2D eigenvalue weighted by atomic mass is 35.5. The third-order valence-electron chi connectivity index (χ3n) is 4.09. The number of aromatic nitrogens is 1. The molecule has 0 spiro atoms. The molecule has 0 saturated heterocycles. The molecule has 0 unspecified atom stereocenters. The number of thiazole rings is 1. The van der Waals surface area contributed by atoms with Gasteiger partial charge in [0.05, 0.1) is 10.2 Å². The Morgan fingerprint density at radius 1 is 1.04 bits per heavy atom. The third-order valence-corrected chi connectivity index (χ3v) is 5.14. The summed E-state index contributed by atoms with van der Waals surface area (Å²) in [6.07, 6.45) is 0.903. The normalized spacial score (nSPS) is 10.8. The minimum absolute atomic E-state index is 0. The molecule has 0 radical (unpaired) electrons. The molecule has 2 aromatic carbocycles. The van der Waals surface area contributed by atoms with Crippen LogP contribution in [0.1, 0.15) is 22.3 Å². The van der Waals surface area contributed by atoms with Crippen LogP contribution in [0.3, 0.4) is 0 Å². The molecule has 0 atom stereocenters. The van der Waals surface area contributed by atoms with Gasteiger partial charge < -0.3 is 4.90 Å². The molecule has 3 aromatic rings. The first kappa shape index (κ1) is 20.4. The highest BCUT2D eigenvalue weighted by Gasteiger charge is 2.21. The topological polar surface area (TPSA) is 36.4 Å². The summed E-state index contributed by atoms with van der Waals surface area (Å²) in [5, 5.41) is 0.775. The molecule has 0 fully saturated rings. The quantitative estimate of drug-likeness (QED) is 0.617. The van der Waals surface area contributed by atoms with E-state index in [1.165, 1.54) is 0 Å². The molecule has 1 amide bonds. The molecule has 3 rings (SSSR count). The number of halogens is 1. The fourth-order valence-electron chi connectivity index (χ4n) is 2.76. The maximum atomic E-state index is 13.1. The maximum Gasteiger partial charge on any atom is 0.260 e. The van der Waals surface area contributed by atoms with Crippen molar-refractivity contribution in [1.82, 2.24) is 9.88 Å². The fourth-order valence-corrected chi connectivity index (χ4v) is 3.82. The van der Waals surface area contributed by atoms with Gasteiger partial charge in [-0.1, -0.05) is 41.7 Å². The lowest BCUT2D eigenvalue weighted by Crippen LogP contribution is -2.33. The van der Waals surface area contributed by atoms with E-state index >= 15 is 0 Å². The largest absolute Gasteiger partial charge is 0.309 e. The van der Waals surface area contributed by atoms with Crippen molar-refractivity contribution < 1.29 is 4.79 Å². The van der Waals surface area contributed by atoms with E-state index in [4.69, 9.17) is 4.98 Å². The highest BCUT2D eigenvalue weighted by Crippen LogP contribution is 2.31. The Labute approximate surface area is 164 Å². The van der Waals surface area contributed by atoms with E-state index in [0.29, 0.717) is 12.1 Å². The molecule has 1 heterocycles. The highest BCUT2D eigenvalue weighted by molar-refractivity contribution is 7.22. The Balaban J connectivity index is 0.00000243. The van der Waals surface area contributed by atoms with E-state index in [9.17, 15) is 4.79 Å². The molecule has 0 aliphatic rings. The lowest BCUT2D eigenvalue weighted by molar-refractivity contribution is 0.0986. The molecule has 138 valence electrons.